The minimum absolute atomic E-state index is 0.239. The zero-order valence-electron chi connectivity index (χ0n) is 7.56. The van der Waals surface area contributed by atoms with Gasteiger partial charge in [-0.25, -0.2) is 8.78 Å². The van der Waals surface area contributed by atoms with E-state index in [1.165, 1.54) is 6.07 Å². The van der Waals surface area contributed by atoms with Crippen LogP contribution in [0, 0.1) is 12.7 Å². The molecular formula is C10H13F2N. The summed E-state index contributed by atoms with van der Waals surface area (Å²) in [5, 5.41) is 0. The quantitative estimate of drug-likeness (QED) is 0.769. The van der Waals surface area contributed by atoms with E-state index < -0.39 is 6.17 Å². The predicted molar refractivity (Wildman–Crippen MR) is 48.7 cm³/mol. The highest BCUT2D eigenvalue weighted by Crippen LogP contribution is 2.22. The van der Waals surface area contributed by atoms with Crippen LogP contribution in [0.5, 0.6) is 0 Å². The first-order chi connectivity index (χ1) is 6.15. The Balaban J connectivity index is 2.84. The molecule has 2 N–H and O–H groups in total. The van der Waals surface area contributed by atoms with Crippen LogP contribution >= 0.6 is 0 Å². The Labute approximate surface area is 76.6 Å². The Hall–Kier alpha value is -0.960. The molecule has 0 bridgehead atoms. The summed E-state index contributed by atoms with van der Waals surface area (Å²) in [5.74, 6) is -0.364. The smallest absolute Gasteiger partial charge is 0.126 e. The minimum Gasteiger partial charge on any atom is -0.330 e. The Morgan fingerprint density at radius 2 is 2.15 bits per heavy atom. The number of aryl methyl sites for hydroxylation is 1. The molecule has 0 heterocycles. The molecule has 1 atom stereocenters. The number of nitrogens with two attached hydrogens (primary N) is 1. The first-order valence-electron chi connectivity index (χ1n) is 4.25. The summed E-state index contributed by atoms with van der Waals surface area (Å²) in [7, 11) is 0. The number of alkyl halides is 1. The fraction of sp³-hybridized carbons (Fsp3) is 0.400. The van der Waals surface area contributed by atoms with Crippen LogP contribution in [0.3, 0.4) is 0 Å². The lowest BCUT2D eigenvalue weighted by atomic mass is 10.1. The highest BCUT2D eigenvalue weighted by Gasteiger charge is 2.09. The third-order valence-electron chi connectivity index (χ3n) is 1.98. The van der Waals surface area contributed by atoms with Gasteiger partial charge in [0.25, 0.3) is 0 Å². The van der Waals surface area contributed by atoms with Gasteiger partial charge in [0.1, 0.15) is 12.0 Å². The standard InChI is InChI=1S/C10H13F2N/c1-7-2-3-8(6-10(7)12)9(11)4-5-13/h2-3,6,9H,4-5,13H2,1H3. The van der Waals surface area contributed by atoms with E-state index in [1.807, 2.05) is 0 Å². The van der Waals surface area contributed by atoms with E-state index in [0.717, 1.165) is 0 Å². The van der Waals surface area contributed by atoms with Crippen molar-refractivity contribution in [1.82, 2.24) is 0 Å². The molecule has 0 amide bonds. The number of halogens is 2. The lowest BCUT2D eigenvalue weighted by Crippen LogP contribution is -2.04. The highest BCUT2D eigenvalue weighted by atomic mass is 19.1. The number of benzene rings is 1. The van der Waals surface area contributed by atoms with Gasteiger partial charge in [-0.15, -0.1) is 0 Å². The predicted octanol–water partition coefficient (Wildman–Crippen LogP) is 2.49. The zero-order valence-corrected chi connectivity index (χ0v) is 7.56. The number of hydrogen-bond acceptors (Lipinski definition) is 1. The largest absolute Gasteiger partial charge is 0.330 e. The van der Waals surface area contributed by atoms with E-state index in [-0.39, 0.29) is 18.8 Å². The molecule has 0 aliphatic heterocycles. The van der Waals surface area contributed by atoms with Crippen LogP contribution in [0.1, 0.15) is 23.7 Å². The van der Waals surface area contributed by atoms with Crippen molar-refractivity contribution in [1.29, 1.82) is 0 Å². The Kier molecular flexibility index (Phi) is 3.37. The molecule has 13 heavy (non-hydrogen) atoms. The molecule has 1 unspecified atom stereocenters. The summed E-state index contributed by atoms with van der Waals surface area (Å²) in [5.41, 5.74) is 6.10. The van der Waals surface area contributed by atoms with Gasteiger partial charge < -0.3 is 5.73 Å². The van der Waals surface area contributed by atoms with Crippen molar-refractivity contribution in [3.8, 4) is 0 Å². The molecule has 0 aromatic heterocycles. The van der Waals surface area contributed by atoms with Gasteiger partial charge in [0.15, 0.2) is 0 Å². The fourth-order valence-electron chi connectivity index (χ4n) is 1.12. The highest BCUT2D eigenvalue weighted by molar-refractivity contribution is 5.24. The summed E-state index contributed by atoms with van der Waals surface area (Å²) in [6.45, 7) is 1.92. The summed E-state index contributed by atoms with van der Waals surface area (Å²) >= 11 is 0. The Morgan fingerprint density at radius 1 is 1.46 bits per heavy atom. The lowest BCUT2D eigenvalue weighted by Gasteiger charge is -2.07. The molecular weight excluding hydrogens is 172 g/mol. The maximum Gasteiger partial charge on any atom is 0.126 e. The van der Waals surface area contributed by atoms with Crippen LogP contribution in [0.25, 0.3) is 0 Å². The van der Waals surface area contributed by atoms with Gasteiger partial charge in [-0.2, -0.15) is 0 Å². The Morgan fingerprint density at radius 3 is 2.69 bits per heavy atom. The molecule has 0 saturated heterocycles. The molecule has 0 spiro atoms. The number of hydrogen-bond donors (Lipinski definition) is 1. The summed E-state index contributed by atoms with van der Waals surface area (Å²) in [4.78, 5) is 0. The van der Waals surface area contributed by atoms with Gasteiger partial charge >= 0.3 is 0 Å². The third-order valence-corrected chi connectivity index (χ3v) is 1.98. The summed E-state index contributed by atoms with van der Waals surface area (Å²) < 4.78 is 26.2. The molecule has 3 heteroatoms. The zero-order chi connectivity index (χ0) is 9.84. The second kappa shape index (κ2) is 4.33. The van der Waals surface area contributed by atoms with Crippen LogP contribution in [0.2, 0.25) is 0 Å². The summed E-state index contributed by atoms with van der Waals surface area (Å²) in [6.07, 6.45) is -0.914. The minimum atomic E-state index is -1.15. The van der Waals surface area contributed by atoms with Gasteiger partial charge in [0, 0.05) is 0 Å². The van der Waals surface area contributed by atoms with Crippen molar-refractivity contribution in [2.75, 3.05) is 6.54 Å². The monoisotopic (exact) mass is 185 g/mol. The lowest BCUT2D eigenvalue weighted by molar-refractivity contribution is 0.326. The van der Waals surface area contributed by atoms with Crippen molar-refractivity contribution in [3.63, 3.8) is 0 Å². The van der Waals surface area contributed by atoms with E-state index in [0.29, 0.717) is 11.1 Å². The van der Waals surface area contributed by atoms with Crippen molar-refractivity contribution in [3.05, 3.63) is 35.1 Å². The topological polar surface area (TPSA) is 26.0 Å². The van der Waals surface area contributed by atoms with Gasteiger partial charge in [-0.05, 0) is 37.1 Å². The molecule has 72 valence electrons. The van der Waals surface area contributed by atoms with Crippen LogP contribution in [-0.2, 0) is 0 Å². The molecule has 0 radical (unpaired) electrons. The van der Waals surface area contributed by atoms with Gasteiger partial charge in [-0.1, -0.05) is 12.1 Å². The second-order valence-corrected chi connectivity index (χ2v) is 3.05. The van der Waals surface area contributed by atoms with Gasteiger partial charge in [0.05, 0.1) is 0 Å². The maximum atomic E-state index is 13.2. The normalized spacial score (nSPS) is 12.9. The van der Waals surface area contributed by atoms with Crippen molar-refractivity contribution >= 4 is 0 Å². The first-order valence-corrected chi connectivity index (χ1v) is 4.25. The SMILES string of the molecule is Cc1ccc(C(F)CCN)cc1F. The first kappa shape index (κ1) is 10.1. The fourth-order valence-corrected chi connectivity index (χ4v) is 1.12. The van der Waals surface area contributed by atoms with Crippen LogP contribution in [0.4, 0.5) is 8.78 Å². The van der Waals surface area contributed by atoms with Crippen molar-refractivity contribution in [2.45, 2.75) is 19.5 Å². The molecule has 0 saturated carbocycles. The molecule has 0 aliphatic carbocycles. The van der Waals surface area contributed by atoms with E-state index in [4.69, 9.17) is 5.73 Å². The van der Waals surface area contributed by atoms with Crippen molar-refractivity contribution < 1.29 is 8.78 Å². The van der Waals surface area contributed by atoms with E-state index >= 15 is 0 Å². The molecule has 1 aromatic carbocycles. The average molecular weight is 185 g/mol. The average Bonchev–Trinajstić information content (AvgIpc) is 2.10. The van der Waals surface area contributed by atoms with Gasteiger partial charge in [0.2, 0.25) is 0 Å². The Bertz CT molecular complexity index is 286. The van der Waals surface area contributed by atoms with Crippen LogP contribution in [0.15, 0.2) is 18.2 Å². The van der Waals surface area contributed by atoms with E-state index in [9.17, 15) is 8.78 Å². The van der Waals surface area contributed by atoms with Crippen LogP contribution in [-0.4, -0.2) is 6.54 Å². The molecule has 0 aliphatic rings. The maximum absolute atomic E-state index is 13.2. The van der Waals surface area contributed by atoms with Crippen molar-refractivity contribution in [2.24, 2.45) is 5.73 Å². The summed E-state index contributed by atoms with van der Waals surface area (Å²) in [6, 6.07) is 4.40. The van der Waals surface area contributed by atoms with E-state index in [1.54, 1.807) is 19.1 Å². The molecule has 0 fully saturated rings. The molecule has 1 nitrogen and oxygen atoms in total. The third kappa shape index (κ3) is 2.49. The van der Waals surface area contributed by atoms with Gasteiger partial charge in [-0.3, -0.25) is 0 Å². The number of rotatable bonds is 3. The van der Waals surface area contributed by atoms with E-state index in [2.05, 4.69) is 0 Å². The molecule has 1 aromatic rings. The second-order valence-electron chi connectivity index (χ2n) is 3.05. The van der Waals surface area contributed by atoms with Crippen LogP contribution < -0.4 is 5.73 Å². The molecule has 1 rings (SSSR count).